The Morgan fingerprint density at radius 1 is 1.46 bits per heavy atom. The molecular weight excluding hydrogens is 185 g/mol. The van der Waals surface area contributed by atoms with E-state index in [1.807, 2.05) is 0 Å². The number of rotatable bonds is 5. The number of hydrogen-bond acceptors (Lipinski definition) is 2. The summed E-state index contributed by atoms with van der Waals surface area (Å²) in [6.45, 7) is 1.78. The van der Waals surface area contributed by atoms with Crippen molar-refractivity contribution in [2.45, 2.75) is 32.4 Å². The van der Waals surface area contributed by atoms with E-state index in [1.165, 1.54) is 0 Å². The van der Waals surface area contributed by atoms with Crippen molar-refractivity contribution >= 4 is 12.1 Å². The minimum absolute atomic E-state index is 0.0155. The Kier molecular flexibility index (Phi) is 4.66. The predicted octanol–water partition coefficient (Wildman–Crippen LogP) is 2.12. The van der Waals surface area contributed by atoms with E-state index in [4.69, 9.17) is 0 Å². The molecule has 0 aliphatic heterocycles. The number of ketones is 1. The molecule has 0 spiro atoms. The summed E-state index contributed by atoms with van der Waals surface area (Å²) in [5, 5.41) is 0. The highest BCUT2D eigenvalue weighted by Crippen LogP contribution is 2.22. The number of hydrogen-bond donors (Lipinski definition) is 0. The fraction of sp³-hybridized carbons (Fsp3) is 0.750. The quantitative estimate of drug-likeness (QED) is 0.498. The summed E-state index contributed by atoms with van der Waals surface area (Å²) in [5.41, 5.74) is 0. The molecular formula is C8H11F3O2. The topological polar surface area (TPSA) is 34.1 Å². The molecule has 0 bridgehead atoms. The Balaban J connectivity index is 4.24. The second-order valence-electron chi connectivity index (χ2n) is 2.75. The highest BCUT2D eigenvalue weighted by molar-refractivity contribution is 5.96. The van der Waals surface area contributed by atoms with E-state index in [1.54, 1.807) is 6.92 Å². The van der Waals surface area contributed by atoms with Crippen LogP contribution in [-0.2, 0) is 9.59 Å². The zero-order valence-electron chi connectivity index (χ0n) is 7.23. The van der Waals surface area contributed by atoms with Gasteiger partial charge in [0.1, 0.15) is 6.29 Å². The van der Waals surface area contributed by atoms with Gasteiger partial charge in [-0.15, -0.1) is 0 Å². The van der Waals surface area contributed by atoms with Crippen LogP contribution >= 0.6 is 0 Å². The number of aldehydes is 1. The maximum absolute atomic E-state index is 11.8. The Bertz CT molecular complexity index is 186. The summed E-state index contributed by atoms with van der Waals surface area (Å²) in [4.78, 5) is 20.7. The number of alkyl halides is 3. The summed E-state index contributed by atoms with van der Waals surface area (Å²) in [6, 6.07) is 0. The smallest absolute Gasteiger partial charge is 0.303 e. The lowest BCUT2D eigenvalue weighted by Crippen LogP contribution is -2.31. The van der Waals surface area contributed by atoms with Gasteiger partial charge in [-0.2, -0.15) is 13.2 Å². The molecule has 0 aliphatic rings. The first-order valence-electron chi connectivity index (χ1n) is 3.99. The highest BCUT2D eigenvalue weighted by Gasteiger charge is 2.42. The van der Waals surface area contributed by atoms with E-state index < -0.39 is 17.9 Å². The summed E-state index contributed by atoms with van der Waals surface area (Å²) in [7, 11) is 0. The van der Waals surface area contributed by atoms with Gasteiger partial charge >= 0.3 is 6.18 Å². The molecule has 1 unspecified atom stereocenters. The number of carbonyl (C=O) groups is 2. The maximum Gasteiger partial charge on any atom is 0.450 e. The first-order chi connectivity index (χ1) is 5.93. The van der Waals surface area contributed by atoms with E-state index in [2.05, 4.69) is 0 Å². The molecule has 0 radical (unpaired) electrons. The minimum Gasteiger partial charge on any atom is -0.303 e. The van der Waals surface area contributed by atoms with Gasteiger partial charge in [-0.25, -0.2) is 0 Å². The van der Waals surface area contributed by atoms with Crippen molar-refractivity contribution in [3.63, 3.8) is 0 Å². The van der Waals surface area contributed by atoms with E-state index in [-0.39, 0.29) is 12.7 Å². The maximum atomic E-state index is 11.8. The lowest BCUT2D eigenvalue weighted by Gasteiger charge is -2.10. The third-order valence-corrected chi connectivity index (χ3v) is 1.65. The lowest BCUT2D eigenvalue weighted by molar-refractivity contribution is -0.175. The van der Waals surface area contributed by atoms with Gasteiger partial charge in [0.15, 0.2) is 0 Å². The Morgan fingerprint density at radius 3 is 2.31 bits per heavy atom. The van der Waals surface area contributed by atoms with E-state index in [0.717, 1.165) is 0 Å². The third-order valence-electron chi connectivity index (χ3n) is 1.65. The number of Topliss-reactive ketones (excluding diaryl/α,β-unsaturated/α-hetero) is 1. The summed E-state index contributed by atoms with van der Waals surface area (Å²) in [6.07, 6.45) is -3.72. The van der Waals surface area contributed by atoms with Gasteiger partial charge in [0.05, 0.1) is 5.92 Å². The Hall–Kier alpha value is -0.870. The fourth-order valence-corrected chi connectivity index (χ4v) is 0.895. The molecule has 0 rings (SSSR count). The fourth-order valence-electron chi connectivity index (χ4n) is 0.895. The average Bonchev–Trinajstić information content (AvgIpc) is 2.04. The molecule has 0 aromatic rings. The highest BCUT2D eigenvalue weighted by atomic mass is 19.4. The summed E-state index contributed by atoms with van der Waals surface area (Å²) in [5.74, 6) is -3.45. The molecule has 0 N–H and O–H groups in total. The molecule has 0 saturated heterocycles. The molecule has 76 valence electrons. The van der Waals surface area contributed by atoms with Gasteiger partial charge in [0.25, 0.3) is 0 Å². The van der Waals surface area contributed by atoms with Gasteiger partial charge in [0, 0.05) is 0 Å². The Labute approximate surface area is 74.1 Å². The molecule has 5 heteroatoms. The minimum atomic E-state index is -4.89. The van der Waals surface area contributed by atoms with Gasteiger partial charge in [0.2, 0.25) is 5.78 Å². The van der Waals surface area contributed by atoms with Crippen LogP contribution in [0.25, 0.3) is 0 Å². The molecule has 1 atom stereocenters. The molecule has 0 fully saturated rings. The average molecular weight is 196 g/mol. The SMILES string of the molecule is CCCCC(C=O)C(=O)C(F)(F)F. The standard InChI is InChI=1S/C8H11F3O2/c1-2-3-4-6(5-12)7(13)8(9,10)11/h5-6H,2-4H2,1H3. The van der Waals surface area contributed by atoms with Gasteiger partial charge < -0.3 is 4.79 Å². The van der Waals surface area contributed by atoms with Crippen molar-refractivity contribution in [1.82, 2.24) is 0 Å². The molecule has 0 aliphatic carbocycles. The van der Waals surface area contributed by atoms with Crippen LogP contribution in [0.2, 0.25) is 0 Å². The van der Waals surface area contributed by atoms with Crippen LogP contribution in [0, 0.1) is 5.92 Å². The summed E-state index contributed by atoms with van der Waals surface area (Å²) < 4.78 is 35.4. The van der Waals surface area contributed by atoms with E-state index >= 15 is 0 Å². The largest absolute Gasteiger partial charge is 0.450 e. The first kappa shape index (κ1) is 12.1. The van der Waals surface area contributed by atoms with Crippen molar-refractivity contribution in [3.05, 3.63) is 0 Å². The zero-order chi connectivity index (χ0) is 10.5. The van der Waals surface area contributed by atoms with Crippen LogP contribution in [0.1, 0.15) is 26.2 Å². The number of unbranched alkanes of at least 4 members (excludes halogenated alkanes) is 1. The third kappa shape index (κ3) is 4.05. The molecule has 13 heavy (non-hydrogen) atoms. The van der Waals surface area contributed by atoms with Gasteiger partial charge in [-0.05, 0) is 6.42 Å². The lowest BCUT2D eigenvalue weighted by atomic mass is 9.99. The molecule has 0 aromatic carbocycles. The van der Waals surface area contributed by atoms with Crippen LogP contribution in [0.5, 0.6) is 0 Å². The second-order valence-corrected chi connectivity index (χ2v) is 2.75. The second kappa shape index (κ2) is 4.99. The number of carbonyl (C=O) groups excluding carboxylic acids is 2. The molecule has 0 saturated carbocycles. The first-order valence-corrected chi connectivity index (χ1v) is 3.99. The van der Waals surface area contributed by atoms with E-state index in [0.29, 0.717) is 12.8 Å². The Morgan fingerprint density at radius 2 is 2.00 bits per heavy atom. The zero-order valence-corrected chi connectivity index (χ0v) is 7.23. The van der Waals surface area contributed by atoms with Crippen molar-refractivity contribution in [3.8, 4) is 0 Å². The number of halogens is 3. The predicted molar refractivity (Wildman–Crippen MR) is 40.1 cm³/mol. The van der Waals surface area contributed by atoms with Crippen LogP contribution in [0.4, 0.5) is 13.2 Å². The molecule has 0 amide bonds. The van der Waals surface area contributed by atoms with Crippen LogP contribution in [0.15, 0.2) is 0 Å². The van der Waals surface area contributed by atoms with Crippen LogP contribution in [0.3, 0.4) is 0 Å². The summed E-state index contributed by atoms with van der Waals surface area (Å²) >= 11 is 0. The monoisotopic (exact) mass is 196 g/mol. The van der Waals surface area contributed by atoms with Crippen molar-refractivity contribution in [2.24, 2.45) is 5.92 Å². The molecule has 0 heterocycles. The molecule has 0 aromatic heterocycles. The normalized spacial score (nSPS) is 13.8. The van der Waals surface area contributed by atoms with Gasteiger partial charge in [-0.3, -0.25) is 4.79 Å². The van der Waals surface area contributed by atoms with Gasteiger partial charge in [-0.1, -0.05) is 19.8 Å². The van der Waals surface area contributed by atoms with Crippen LogP contribution in [-0.4, -0.2) is 18.2 Å². The van der Waals surface area contributed by atoms with Crippen molar-refractivity contribution < 1.29 is 22.8 Å². The van der Waals surface area contributed by atoms with E-state index in [9.17, 15) is 22.8 Å². The van der Waals surface area contributed by atoms with Crippen molar-refractivity contribution in [2.75, 3.05) is 0 Å². The van der Waals surface area contributed by atoms with Crippen molar-refractivity contribution in [1.29, 1.82) is 0 Å². The van der Waals surface area contributed by atoms with Crippen LogP contribution < -0.4 is 0 Å². The molecule has 2 nitrogen and oxygen atoms in total.